The minimum atomic E-state index is 0.0764. The molecule has 1 aromatic heterocycles. The first-order chi connectivity index (χ1) is 10.8. The SMILES string of the molecule is Clc1ccc2c(c1)O[C@H](c1ccccn1)[C@@H]1[C@H]3CC[C@H](C3)[C@H]21. The van der Waals surface area contributed by atoms with Gasteiger partial charge in [0, 0.05) is 17.1 Å². The van der Waals surface area contributed by atoms with Crippen molar-refractivity contribution >= 4 is 11.6 Å². The maximum atomic E-state index is 6.42. The van der Waals surface area contributed by atoms with Gasteiger partial charge in [-0.1, -0.05) is 23.7 Å². The minimum Gasteiger partial charge on any atom is -0.483 e. The molecule has 112 valence electrons. The first-order valence-corrected chi connectivity index (χ1v) is 8.56. The molecule has 0 radical (unpaired) electrons. The Morgan fingerprint density at radius 1 is 1.09 bits per heavy atom. The van der Waals surface area contributed by atoms with Gasteiger partial charge in [0.1, 0.15) is 11.9 Å². The van der Waals surface area contributed by atoms with Crippen molar-refractivity contribution in [1.29, 1.82) is 0 Å². The average molecular weight is 312 g/mol. The molecule has 2 heterocycles. The van der Waals surface area contributed by atoms with Crippen molar-refractivity contribution in [2.75, 3.05) is 0 Å². The van der Waals surface area contributed by atoms with Gasteiger partial charge in [-0.15, -0.1) is 0 Å². The van der Waals surface area contributed by atoms with E-state index in [1.807, 2.05) is 24.4 Å². The third-order valence-corrected chi connectivity index (χ3v) is 6.13. The van der Waals surface area contributed by atoms with Gasteiger partial charge in [0.25, 0.3) is 0 Å². The van der Waals surface area contributed by atoms with Crippen molar-refractivity contribution in [3.05, 3.63) is 58.9 Å². The van der Waals surface area contributed by atoms with E-state index in [1.165, 1.54) is 24.8 Å². The van der Waals surface area contributed by atoms with Crippen LogP contribution in [0.4, 0.5) is 0 Å². The fourth-order valence-corrected chi connectivity index (χ4v) is 5.30. The Bertz CT molecular complexity index is 717. The third kappa shape index (κ3) is 1.77. The Morgan fingerprint density at radius 3 is 2.86 bits per heavy atom. The van der Waals surface area contributed by atoms with E-state index in [-0.39, 0.29) is 6.10 Å². The van der Waals surface area contributed by atoms with Crippen LogP contribution in [0.15, 0.2) is 42.6 Å². The van der Waals surface area contributed by atoms with E-state index in [0.717, 1.165) is 28.3 Å². The van der Waals surface area contributed by atoms with Crippen molar-refractivity contribution in [2.45, 2.75) is 31.3 Å². The van der Waals surface area contributed by atoms with E-state index in [4.69, 9.17) is 16.3 Å². The molecule has 1 aliphatic heterocycles. The smallest absolute Gasteiger partial charge is 0.144 e. The maximum absolute atomic E-state index is 6.42. The molecule has 2 bridgehead atoms. The molecule has 1 aromatic carbocycles. The topological polar surface area (TPSA) is 22.1 Å². The fraction of sp³-hybridized carbons (Fsp3) is 0.421. The standard InChI is InChI=1S/C19H18ClNO/c20-13-6-7-14-16(10-13)22-19(15-3-1-2-8-21-15)18-12-5-4-11(9-12)17(14)18/h1-3,6-8,10-12,17-19H,4-5,9H2/t11-,12+,17-,18-,19-/m1/s1. The predicted octanol–water partition coefficient (Wildman–Crippen LogP) is 5.00. The van der Waals surface area contributed by atoms with E-state index in [1.54, 1.807) is 0 Å². The average Bonchev–Trinajstić information content (AvgIpc) is 3.16. The number of aromatic nitrogens is 1. The second kappa shape index (κ2) is 4.73. The second-order valence-corrected chi connectivity index (χ2v) is 7.35. The zero-order valence-corrected chi connectivity index (χ0v) is 13.0. The van der Waals surface area contributed by atoms with Gasteiger partial charge < -0.3 is 4.74 Å². The summed E-state index contributed by atoms with van der Waals surface area (Å²) in [6, 6.07) is 12.3. The Kier molecular flexibility index (Phi) is 2.78. The highest BCUT2D eigenvalue weighted by atomic mass is 35.5. The summed E-state index contributed by atoms with van der Waals surface area (Å²) in [5.41, 5.74) is 2.43. The number of hydrogen-bond acceptors (Lipinski definition) is 2. The number of rotatable bonds is 1. The molecular formula is C19H18ClNO. The van der Waals surface area contributed by atoms with Crippen LogP contribution in [0.5, 0.6) is 5.75 Å². The summed E-state index contributed by atoms with van der Waals surface area (Å²) in [5.74, 6) is 3.75. The summed E-state index contributed by atoms with van der Waals surface area (Å²) in [6.45, 7) is 0. The van der Waals surface area contributed by atoms with Gasteiger partial charge in [-0.2, -0.15) is 0 Å². The highest BCUT2D eigenvalue weighted by Gasteiger charge is 2.55. The van der Waals surface area contributed by atoms with E-state index in [2.05, 4.69) is 23.2 Å². The summed E-state index contributed by atoms with van der Waals surface area (Å²) in [6.07, 6.45) is 6.01. The number of fused-ring (bicyclic) bond motifs is 7. The molecule has 5 rings (SSSR count). The summed E-state index contributed by atoms with van der Waals surface area (Å²) >= 11 is 6.20. The van der Waals surface area contributed by atoms with Gasteiger partial charge in [0.2, 0.25) is 0 Å². The van der Waals surface area contributed by atoms with Gasteiger partial charge in [0.15, 0.2) is 0 Å². The zero-order chi connectivity index (χ0) is 14.7. The molecule has 5 atom stereocenters. The number of benzene rings is 1. The summed E-state index contributed by atoms with van der Waals surface area (Å²) in [4.78, 5) is 4.58. The number of pyridine rings is 1. The minimum absolute atomic E-state index is 0.0764. The Labute approximate surface area is 135 Å². The quantitative estimate of drug-likeness (QED) is 0.739. The van der Waals surface area contributed by atoms with Gasteiger partial charge >= 0.3 is 0 Å². The molecular weight excluding hydrogens is 294 g/mol. The van der Waals surface area contributed by atoms with Crippen molar-refractivity contribution in [3.63, 3.8) is 0 Å². The number of ether oxygens (including phenoxy) is 1. The molecule has 0 saturated heterocycles. The highest BCUT2D eigenvalue weighted by Crippen LogP contribution is 2.64. The maximum Gasteiger partial charge on any atom is 0.144 e. The molecule has 2 nitrogen and oxygen atoms in total. The fourth-order valence-electron chi connectivity index (χ4n) is 5.14. The Hall–Kier alpha value is -1.54. The van der Waals surface area contributed by atoms with E-state index in [9.17, 15) is 0 Å². The van der Waals surface area contributed by atoms with E-state index in [0.29, 0.717) is 11.8 Å². The second-order valence-electron chi connectivity index (χ2n) is 6.91. The van der Waals surface area contributed by atoms with Crippen molar-refractivity contribution < 1.29 is 4.74 Å². The number of halogens is 1. The summed E-state index contributed by atoms with van der Waals surface area (Å²) in [7, 11) is 0. The van der Waals surface area contributed by atoms with Gasteiger partial charge in [-0.05, 0) is 66.8 Å². The van der Waals surface area contributed by atoms with Crippen molar-refractivity contribution in [1.82, 2.24) is 4.98 Å². The largest absolute Gasteiger partial charge is 0.483 e. The van der Waals surface area contributed by atoms with Gasteiger partial charge in [-0.25, -0.2) is 0 Å². The van der Waals surface area contributed by atoms with Crippen LogP contribution in [0.1, 0.15) is 42.5 Å². The lowest BCUT2D eigenvalue weighted by Crippen LogP contribution is -2.34. The molecule has 2 aromatic rings. The number of hydrogen-bond donors (Lipinski definition) is 0. The molecule has 0 unspecified atom stereocenters. The number of nitrogens with zero attached hydrogens (tertiary/aromatic N) is 1. The Balaban J connectivity index is 1.65. The van der Waals surface area contributed by atoms with Crippen LogP contribution >= 0.6 is 11.6 Å². The van der Waals surface area contributed by atoms with E-state index < -0.39 is 0 Å². The van der Waals surface area contributed by atoms with Crippen LogP contribution in [0, 0.1) is 17.8 Å². The van der Waals surface area contributed by atoms with Gasteiger partial charge in [-0.3, -0.25) is 4.98 Å². The summed E-state index contributed by atoms with van der Waals surface area (Å²) < 4.78 is 6.42. The molecule has 2 aliphatic carbocycles. The lowest BCUT2D eigenvalue weighted by Gasteiger charge is -2.42. The third-order valence-electron chi connectivity index (χ3n) is 5.90. The zero-order valence-electron chi connectivity index (χ0n) is 12.3. The first kappa shape index (κ1) is 13.0. The predicted molar refractivity (Wildman–Crippen MR) is 86.1 cm³/mol. The van der Waals surface area contributed by atoms with Crippen LogP contribution in [-0.2, 0) is 0 Å². The monoisotopic (exact) mass is 311 g/mol. The van der Waals surface area contributed by atoms with Crippen LogP contribution in [0.3, 0.4) is 0 Å². The van der Waals surface area contributed by atoms with Crippen LogP contribution in [-0.4, -0.2) is 4.98 Å². The molecule has 3 heteroatoms. The molecule has 0 amide bonds. The molecule has 2 saturated carbocycles. The molecule has 3 aliphatic rings. The molecule has 2 fully saturated rings. The summed E-state index contributed by atoms with van der Waals surface area (Å²) in [5, 5.41) is 0.750. The normalized spacial score (nSPS) is 34.9. The van der Waals surface area contributed by atoms with Crippen molar-refractivity contribution in [2.24, 2.45) is 17.8 Å². The molecule has 22 heavy (non-hydrogen) atoms. The lowest BCUT2D eigenvalue weighted by molar-refractivity contribution is 0.0565. The molecule has 0 spiro atoms. The molecule has 0 N–H and O–H groups in total. The highest BCUT2D eigenvalue weighted by molar-refractivity contribution is 6.30. The van der Waals surface area contributed by atoms with Crippen LogP contribution < -0.4 is 4.74 Å². The lowest BCUT2D eigenvalue weighted by atomic mass is 9.70. The Morgan fingerprint density at radius 2 is 2.00 bits per heavy atom. The van der Waals surface area contributed by atoms with Crippen LogP contribution in [0.25, 0.3) is 0 Å². The van der Waals surface area contributed by atoms with E-state index >= 15 is 0 Å². The van der Waals surface area contributed by atoms with Crippen LogP contribution in [0.2, 0.25) is 5.02 Å². The van der Waals surface area contributed by atoms with Gasteiger partial charge in [0.05, 0.1) is 5.69 Å². The first-order valence-electron chi connectivity index (χ1n) is 8.18. The van der Waals surface area contributed by atoms with Crippen molar-refractivity contribution in [3.8, 4) is 5.75 Å².